The van der Waals surface area contributed by atoms with E-state index in [1.165, 1.54) is 44.9 Å². The summed E-state index contributed by atoms with van der Waals surface area (Å²) in [5.74, 6) is 4.30. The summed E-state index contributed by atoms with van der Waals surface area (Å²) in [5, 5.41) is 11.3. The zero-order valence-corrected chi connectivity index (χ0v) is 22.3. The second-order valence-corrected chi connectivity index (χ2v) is 14.3. The van der Waals surface area contributed by atoms with E-state index in [1.807, 2.05) is 0 Å². The third kappa shape index (κ3) is 4.93. The molecule has 192 valence electrons. The van der Waals surface area contributed by atoms with Gasteiger partial charge in [-0.2, -0.15) is 8.42 Å². The first-order chi connectivity index (χ1) is 15.3. The summed E-state index contributed by atoms with van der Waals surface area (Å²) < 4.78 is 36.6. The molecule has 0 aromatic heterocycles. The molecule has 4 fully saturated rings. The minimum atomic E-state index is -4.45. The average Bonchev–Trinajstić information content (AvgIpc) is 3.05. The quantitative estimate of drug-likeness (QED) is 0.416. The average molecular weight is 485 g/mol. The van der Waals surface area contributed by atoms with Gasteiger partial charge in [-0.15, -0.1) is 0 Å². The van der Waals surface area contributed by atoms with Crippen LogP contribution >= 0.6 is 0 Å². The van der Waals surface area contributed by atoms with E-state index in [1.54, 1.807) is 0 Å². The smallest absolute Gasteiger partial charge is 0.393 e. The number of hydrogen-bond donors (Lipinski definition) is 2. The maximum Gasteiger partial charge on any atom is 0.397 e. The predicted molar refractivity (Wildman–Crippen MR) is 131 cm³/mol. The molecule has 0 aliphatic heterocycles. The van der Waals surface area contributed by atoms with Crippen molar-refractivity contribution in [3.8, 4) is 0 Å². The van der Waals surface area contributed by atoms with Crippen molar-refractivity contribution in [2.24, 2.45) is 52.3 Å². The molecule has 0 heterocycles. The summed E-state index contributed by atoms with van der Waals surface area (Å²) in [5.41, 5.74) is 0.427. The van der Waals surface area contributed by atoms with Gasteiger partial charge in [0.25, 0.3) is 0 Å². The Morgan fingerprint density at radius 1 is 0.909 bits per heavy atom. The number of hydrogen-bond acceptors (Lipinski definition) is 4. The molecule has 0 spiro atoms. The van der Waals surface area contributed by atoms with Gasteiger partial charge in [-0.05, 0) is 104 Å². The molecule has 4 saturated carbocycles. The second-order valence-electron chi connectivity index (χ2n) is 13.2. The monoisotopic (exact) mass is 484 g/mol. The lowest BCUT2D eigenvalue weighted by atomic mass is 9.44. The lowest BCUT2D eigenvalue weighted by Crippen LogP contribution is -2.58. The highest BCUT2D eigenvalue weighted by atomic mass is 32.3. The minimum Gasteiger partial charge on any atom is -0.393 e. The van der Waals surface area contributed by atoms with Crippen LogP contribution in [-0.4, -0.2) is 30.3 Å². The third-order valence-electron chi connectivity index (χ3n) is 11.1. The van der Waals surface area contributed by atoms with Crippen molar-refractivity contribution in [1.82, 2.24) is 0 Å². The van der Waals surface area contributed by atoms with Gasteiger partial charge in [0, 0.05) is 0 Å². The van der Waals surface area contributed by atoms with Crippen LogP contribution in [-0.2, 0) is 14.6 Å². The van der Waals surface area contributed by atoms with Gasteiger partial charge in [0.15, 0.2) is 0 Å². The van der Waals surface area contributed by atoms with Gasteiger partial charge in [0.2, 0.25) is 0 Å². The molecule has 0 amide bonds. The van der Waals surface area contributed by atoms with Gasteiger partial charge < -0.3 is 5.11 Å². The minimum absolute atomic E-state index is 0.0315. The summed E-state index contributed by atoms with van der Waals surface area (Å²) in [4.78, 5) is 0. The van der Waals surface area contributed by atoms with E-state index in [0.717, 1.165) is 30.6 Å². The normalized spacial score (nSPS) is 46.5. The van der Waals surface area contributed by atoms with Crippen molar-refractivity contribution in [1.29, 1.82) is 0 Å². The molecule has 6 heteroatoms. The van der Waals surface area contributed by atoms with Crippen molar-refractivity contribution in [3.05, 3.63) is 0 Å². The Kier molecular flexibility index (Phi) is 7.35. The van der Waals surface area contributed by atoms with E-state index in [0.29, 0.717) is 36.0 Å². The Bertz CT molecular complexity index is 796. The van der Waals surface area contributed by atoms with Crippen LogP contribution in [0.4, 0.5) is 0 Å². The number of rotatable bonds is 7. The molecular formula is C27H48O5S. The fourth-order valence-corrected chi connectivity index (χ4v) is 10.1. The standard InChI is InChI=1S/C27H48O5S/c1-17(2)7-6-8-18(3)21-9-10-22-20-16-25(28)24-15-19(32-33(29,30)31)11-13-27(24,5)23(20)12-14-26(21,22)4/h17-25,28H,6-16H2,1-5H3,(H,29,30,31)/t18-,19?,20+,21-,22+,23+,24?,25?,26-,27-/m1/s1. The predicted octanol–water partition coefficient (Wildman–Crippen LogP) is 6.27. The lowest BCUT2D eigenvalue weighted by molar-refractivity contribution is -0.170. The molecule has 0 bridgehead atoms. The van der Waals surface area contributed by atoms with E-state index < -0.39 is 22.6 Å². The van der Waals surface area contributed by atoms with Gasteiger partial charge in [-0.25, -0.2) is 4.18 Å². The summed E-state index contributed by atoms with van der Waals surface area (Å²) in [6, 6.07) is 0. The van der Waals surface area contributed by atoms with E-state index in [2.05, 4.69) is 34.6 Å². The fraction of sp³-hybridized carbons (Fsp3) is 1.00. The highest BCUT2D eigenvalue weighted by molar-refractivity contribution is 7.80. The van der Waals surface area contributed by atoms with E-state index in [4.69, 9.17) is 8.74 Å². The number of fused-ring (bicyclic) bond motifs is 5. The van der Waals surface area contributed by atoms with Gasteiger partial charge in [-0.3, -0.25) is 4.55 Å². The summed E-state index contributed by atoms with van der Waals surface area (Å²) in [6.07, 6.45) is 11.1. The second kappa shape index (κ2) is 9.37. The molecule has 4 aliphatic rings. The Balaban J connectivity index is 1.48. The first-order valence-corrected chi connectivity index (χ1v) is 15.1. The molecule has 33 heavy (non-hydrogen) atoms. The first-order valence-electron chi connectivity index (χ1n) is 13.7. The molecule has 2 N–H and O–H groups in total. The van der Waals surface area contributed by atoms with Crippen LogP contribution < -0.4 is 0 Å². The molecule has 4 rings (SSSR count). The van der Waals surface area contributed by atoms with Gasteiger partial charge in [0.05, 0.1) is 12.2 Å². The molecule has 5 nitrogen and oxygen atoms in total. The maximum atomic E-state index is 11.3. The van der Waals surface area contributed by atoms with E-state index in [9.17, 15) is 13.5 Å². The SMILES string of the molecule is CC(C)CCC[C@@H](C)[C@H]1CC[C@H]2[C@@H]3CC(O)C4CC(OS(=O)(=O)O)CC[C@]4(C)[C@H]3CC[C@]12C. The van der Waals surface area contributed by atoms with E-state index >= 15 is 0 Å². The Labute approximate surface area is 202 Å². The van der Waals surface area contributed by atoms with Crippen LogP contribution in [0.1, 0.15) is 105 Å². The molecular weight excluding hydrogens is 436 g/mol. The van der Waals surface area contributed by atoms with E-state index in [-0.39, 0.29) is 11.3 Å². The van der Waals surface area contributed by atoms with Crippen LogP contribution in [0.15, 0.2) is 0 Å². The maximum absolute atomic E-state index is 11.3. The summed E-state index contributed by atoms with van der Waals surface area (Å²) >= 11 is 0. The Morgan fingerprint density at radius 2 is 1.58 bits per heavy atom. The molecule has 10 atom stereocenters. The molecule has 0 saturated heterocycles. The van der Waals surface area contributed by atoms with Gasteiger partial charge in [0.1, 0.15) is 0 Å². The largest absolute Gasteiger partial charge is 0.397 e. The molecule has 0 aromatic rings. The highest BCUT2D eigenvalue weighted by Gasteiger charge is 2.62. The third-order valence-corrected chi connectivity index (χ3v) is 11.6. The topological polar surface area (TPSA) is 83.8 Å². The molecule has 4 aliphatic carbocycles. The summed E-state index contributed by atoms with van der Waals surface area (Å²) in [7, 11) is -4.45. The van der Waals surface area contributed by atoms with Crippen molar-refractivity contribution in [3.63, 3.8) is 0 Å². The van der Waals surface area contributed by atoms with Gasteiger partial charge in [-0.1, -0.05) is 53.9 Å². The Hall–Kier alpha value is -0.170. The molecule has 3 unspecified atom stereocenters. The van der Waals surface area contributed by atoms with Crippen LogP contribution in [0.25, 0.3) is 0 Å². The molecule has 0 radical (unpaired) electrons. The number of aliphatic hydroxyl groups excluding tert-OH is 1. The number of aliphatic hydroxyl groups is 1. The fourth-order valence-electron chi connectivity index (χ4n) is 9.55. The zero-order chi connectivity index (χ0) is 24.2. The van der Waals surface area contributed by atoms with Crippen LogP contribution in [0.5, 0.6) is 0 Å². The van der Waals surface area contributed by atoms with Crippen molar-refractivity contribution in [2.45, 2.75) is 117 Å². The van der Waals surface area contributed by atoms with Crippen molar-refractivity contribution in [2.75, 3.05) is 0 Å². The zero-order valence-electron chi connectivity index (χ0n) is 21.5. The highest BCUT2D eigenvalue weighted by Crippen LogP contribution is 2.68. The lowest BCUT2D eigenvalue weighted by Gasteiger charge is -2.62. The van der Waals surface area contributed by atoms with Crippen molar-refractivity contribution >= 4 is 10.4 Å². The summed E-state index contributed by atoms with van der Waals surface area (Å²) in [6.45, 7) is 12.1. The van der Waals surface area contributed by atoms with Crippen LogP contribution in [0.2, 0.25) is 0 Å². The molecule has 0 aromatic carbocycles. The van der Waals surface area contributed by atoms with Crippen LogP contribution in [0, 0.1) is 52.3 Å². The Morgan fingerprint density at radius 3 is 2.24 bits per heavy atom. The van der Waals surface area contributed by atoms with Crippen molar-refractivity contribution < 1.29 is 22.3 Å². The van der Waals surface area contributed by atoms with Crippen LogP contribution in [0.3, 0.4) is 0 Å². The van der Waals surface area contributed by atoms with Gasteiger partial charge >= 0.3 is 10.4 Å². The first kappa shape index (κ1) is 25.9.